The Kier molecular flexibility index (Phi) is 5.33. The van der Waals surface area contributed by atoms with E-state index in [0.29, 0.717) is 29.4 Å². The van der Waals surface area contributed by atoms with Gasteiger partial charge in [-0.05, 0) is 31.5 Å². The molecule has 0 unspecified atom stereocenters. The molecule has 0 saturated heterocycles. The number of carbonyl (C=O) groups excluding carboxylic acids is 1. The molecule has 0 heterocycles. The summed E-state index contributed by atoms with van der Waals surface area (Å²) >= 11 is 5.99. The Bertz CT molecular complexity index is 361. The van der Waals surface area contributed by atoms with Gasteiger partial charge in [0.25, 0.3) is 0 Å². The molecule has 0 aliphatic rings. The number of carbonyl (C=O) groups is 1. The Labute approximate surface area is 102 Å². The minimum atomic E-state index is 0.0911. The van der Waals surface area contributed by atoms with Crippen LogP contribution in [-0.2, 0) is 0 Å². The summed E-state index contributed by atoms with van der Waals surface area (Å²) in [5.41, 5.74) is 0.570. The lowest BCUT2D eigenvalue weighted by molar-refractivity contribution is 0.0979. The van der Waals surface area contributed by atoms with Gasteiger partial charge >= 0.3 is 0 Å². The number of Topliss-reactive ketones (excluding diaryl/α,β-unsaturated/α-hetero) is 1. The Morgan fingerprint density at radius 2 is 2.12 bits per heavy atom. The van der Waals surface area contributed by atoms with E-state index < -0.39 is 0 Å². The average molecular weight is 241 g/mol. The molecule has 3 heteroatoms. The van der Waals surface area contributed by atoms with Crippen LogP contribution in [0, 0.1) is 0 Å². The van der Waals surface area contributed by atoms with Gasteiger partial charge in [0, 0.05) is 12.0 Å². The minimum absolute atomic E-state index is 0.0911. The SMILES string of the molecule is CCCCC(=O)c1cc(OCC)ccc1Cl. The average Bonchev–Trinajstić information content (AvgIpc) is 2.29. The van der Waals surface area contributed by atoms with Crippen molar-refractivity contribution in [3.63, 3.8) is 0 Å². The molecule has 0 atom stereocenters. The maximum atomic E-state index is 11.8. The van der Waals surface area contributed by atoms with Gasteiger partial charge in [0.15, 0.2) is 5.78 Å². The van der Waals surface area contributed by atoms with Crippen LogP contribution in [0.15, 0.2) is 18.2 Å². The zero-order valence-electron chi connectivity index (χ0n) is 9.75. The first-order valence-corrected chi connectivity index (χ1v) is 6.02. The molecule has 0 fully saturated rings. The van der Waals surface area contributed by atoms with E-state index in [1.165, 1.54) is 0 Å². The summed E-state index contributed by atoms with van der Waals surface area (Å²) in [6, 6.07) is 5.22. The highest BCUT2D eigenvalue weighted by atomic mass is 35.5. The van der Waals surface area contributed by atoms with Crippen LogP contribution < -0.4 is 4.74 Å². The van der Waals surface area contributed by atoms with Crippen molar-refractivity contribution >= 4 is 17.4 Å². The second kappa shape index (κ2) is 6.54. The number of halogens is 1. The van der Waals surface area contributed by atoms with Gasteiger partial charge in [-0.25, -0.2) is 0 Å². The highest BCUT2D eigenvalue weighted by molar-refractivity contribution is 6.34. The van der Waals surface area contributed by atoms with Gasteiger partial charge in [-0.3, -0.25) is 4.79 Å². The standard InChI is InChI=1S/C13H17ClO2/c1-3-5-6-13(15)11-9-10(16-4-2)7-8-12(11)14/h7-9H,3-6H2,1-2H3. The third kappa shape index (κ3) is 3.53. The van der Waals surface area contributed by atoms with E-state index in [0.717, 1.165) is 12.8 Å². The van der Waals surface area contributed by atoms with E-state index in [9.17, 15) is 4.79 Å². The molecule has 0 spiro atoms. The van der Waals surface area contributed by atoms with E-state index in [1.807, 2.05) is 6.92 Å². The number of unbranched alkanes of at least 4 members (excludes halogenated alkanes) is 1. The molecule has 0 N–H and O–H groups in total. The van der Waals surface area contributed by atoms with Crippen molar-refractivity contribution in [2.75, 3.05) is 6.61 Å². The monoisotopic (exact) mass is 240 g/mol. The zero-order valence-corrected chi connectivity index (χ0v) is 10.5. The van der Waals surface area contributed by atoms with E-state index in [1.54, 1.807) is 18.2 Å². The van der Waals surface area contributed by atoms with E-state index in [2.05, 4.69) is 6.92 Å². The quantitative estimate of drug-likeness (QED) is 0.700. The van der Waals surface area contributed by atoms with Crippen LogP contribution in [0.5, 0.6) is 5.75 Å². The van der Waals surface area contributed by atoms with Crippen LogP contribution >= 0.6 is 11.6 Å². The molecule has 0 amide bonds. The van der Waals surface area contributed by atoms with Crippen molar-refractivity contribution in [2.45, 2.75) is 33.1 Å². The summed E-state index contributed by atoms with van der Waals surface area (Å²) in [4.78, 5) is 11.8. The van der Waals surface area contributed by atoms with Crippen LogP contribution in [0.25, 0.3) is 0 Å². The lowest BCUT2D eigenvalue weighted by Crippen LogP contribution is -2.01. The molecule has 0 saturated carbocycles. The number of hydrogen-bond acceptors (Lipinski definition) is 2. The lowest BCUT2D eigenvalue weighted by Gasteiger charge is -2.07. The molecule has 1 aromatic carbocycles. The third-order valence-electron chi connectivity index (χ3n) is 2.31. The van der Waals surface area contributed by atoms with Crippen LogP contribution in [-0.4, -0.2) is 12.4 Å². The summed E-state index contributed by atoms with van der Waals surface area (Å²) < 4.78 is 5.35. The van der Waals surface area contributed by atoms with Crippen molar-refractivity contribution in [3.8, 4) is 5.75 Å². The second-order valence-corrected chi connectivity index (χ2v) is 4.01. The Morgan fingerprint density at radius 1 is 1.38 bits per heavy atom. The fourth-order valence-electron chi connectivity index (χ4n) is 1.45. The minimum Gasteiger partial charge on any atom is -0.494 e. The maximum absolute atomic E-state index is 11.8. The van der Waals surface area contributed by atoms with Gasteiger partial charge in [0.1, 0.15) is 5.75 Å². The molecule has 0 aromatic heterocycles. The van der Waals surface area contributed by atoms with Crippen LogP contribution in [0.1, 0.15) is 43.5 Å². The van der Waals surface area contributed by atoms with Gasteiger partial charge in [-0.1, -0.05) is 24.9 Å². The van der Waals surface area contributed by atoms with Gasteiger partial charge in [-0.15, -0.1) is 0 Å². The van der Waals surface area contributed by atoms with Crippen LogP contribution in [0.3, 0.4) is 0 Å². The first-order chi connectivity index (χ1) is 7.69. The predicted octanol–water partition coefficient (Wildman–Crippen LogP) is 4.11. The first-order valence-electron chi connectivity index (χ1n) is 5.64. The van der Waals surface area contributed by atoms with E-state index in [4.69, 9.17) is 16.3 Å². The molecule has 0 aliphatic carbocycles. The molecule has 2 nitrogen and oxygen atoms in total. The highest BCUT2D eigenvalue weighted by Crippen LogP contribution is 2.24. The molecule has 1 aromatic rings. The highest BCUT2D eigenvalue weighted by Gasteiger charge is 2.11. The predicted molar refractivity (Wildman–Crippen MR) is 66.5 cm³/mol. The maximum Gasteiger partial charge on any atom is 0.164 e. The molecule has 0 radical (unpaired) electrons. The van der Waals surface area contributed by atoms with Crippen molar-refractivity contribution in [2.24, 2.45) is 0 Å². The number of ketones is 1. The molecule has 1 rings (SSSR count). The largest absolute Gasteiger partial charge is 0.494 e. The normalized spacial score (nSPS) is 10.2. The Balaban J connectivity index is 2.84. The van der Waals surface area contributed by atoms with Crippen LogP contribution in [0.4, 0.5) is 0 Å². The number of hydrogen-bond donors (Lipinski definition) is 0. The summed E-state index contributed by atoms with van der Waals surface area (Å²) in [6.07, 6.45) is 2.45. The van der Waals surface area contributed by atoms with Crippen molar-refractivity contribution in [1.29, 1.82) is 0 Å². The molecule has 88 valence electrons. The van der Waals surface area contributed by atoms with E-state index >= 15 is 0 Å². The molecule has 16 heavy (non-hydrogen) atoms. The fraction of sp³-hybridized carbons (Fsp3) is 0.462. The van der Waals surface area contributed by atoms with Crippen LogP contribution in [0.2, 0.25) is 5.02 Å². The zero-order chi connectivity index (χ0) is 12.0. The van der Waals surface area contributed by atoms with Crippen molar-refractivity contribution in [3.05, 3.63) is 28.8 Å². The van der Waals surface area contributed by atoms with Gasteiger partial charge in [0.2, 0.25) is 0 Å². The second-order valence-electron chi connectivity index (χ2n) is 3.60. The molecular weight excluding hydrogens is 224 g/mol. The number of benzene rings is 1. The Morgan fingerprint density at radius 3 is 2.75 bits per heavy atom. The van der Waals surface area contributed by atoms with Gasteiger partial charge < -0.3 is 4.74 Å². The topological polar surface area (TPSA) is 26.3 Å². The summed E-state index contributed by atoms with van der Waals surface area (Å²) in [5.74, 6) is 0.792. The Hall–Kier alpha value is -1.02. The van der Waals surface area contributed by atoms with Gasteiger partial charge in [0.05, 0.1) is 11.6 Å². The summed E-state index contributed by atoms with van der Waals surface area (Å²) in [7, 11) is 0. The fourth-order valence-corrected chi connectivity index (χ4v) is 1.67. The van der Waals surface area contributed by atoms with E-state index in [-0.39, 0.29) is 5.78 Å². The summed E-state index contributed by atoms with van der Waals surface area (Å²) in [6.45, 7) is 4.56. The third-order valence-corrected chi connectivity index (χ3v) is 2.64. The summed E-state index contributed by atoms with van der Waals surface area (Å²) in [5, 5.41) is 0.504. The number of rotatable bonds is 6. The molecule has 0 bridgehead atoms. The first kappa shape index (κ1) is 13.0. The number of ether oxygens (including phenoxy) is 1. The smallest absolute Gasteiger partial charge is 0.164 e. The van der Waals surface area contributed by atoms with Crippen molar-refractivity contribution < 1.29 is 9.53 Å². The molecule has 0 aliphatic heterocycles. The van der Waals surface area contributed by atoms with Crippen molar-refractivity contribution in [1.82, 2.24) is 0 Å². The van der Waals surface area contributed by atoms with Gasteiger partial charge in [-0.2, -0.15) is 0 Å². The lowest BCUT2D eigenvalue weighted by atomic mass is 10.1. The molecular formula is C13H17ClO2.